The molecule has 3 N–H and O–H groups in total. The van der Waals surface area contributed by atoms with Crippen molar-refractivity contribution in [2.45, 2.75) is 24.8 Å². The van der Waals surface area contributed by atoms with Crippen LogP contribution in [0, 0.1) is 0 Å². The van der Waals surface area contributed by atoms with Crippen LogP contribution in [0.3, 0.4) is 0 Å². The van der Waals surface area contributed by atoms with Crippen molar-refractivity contribution in [2.75, 3.05) is 13.2 Å². The van der Waals surface area contributed by atoms with Gasteiger partial charge in [0.15, 0.2) is 0 Å². The van der Waals surface area contributed by atoms with Gasteiger partial charge in [-0.25, -0.2) is 4.79 Å². The van der Waals surface area contributed by atoms with Crippen LogP contribution in [-0.2, 0) is 16.0 Å². The van der Waals surface area contributed by atoms with E-state index >= 15 is 0 Å². The van der Waals surface area contributed by atoms with E-state index < -0.39 is 19.2 Å². The molecular weight excluding hydrogens is 311 g/mol. The van der Waals surface area contributed by atoms with Gasteiger partial charge in [-0.3, -0.25) is 4.79 Å². The van der Waals surface area contributed by atoms with Gasteiger partial charge in [0, 0.05) is 6.54 Å². The zero-order valence-corrected chi connectivity index (χ0v) is 13.3. The fourth-order valence-electron chi connectivity index (χ4n) is 2.49. The van der Waals surface area contributed by atoms with Gasteiger partial charge in [-0.1, -0.05) is 36.9 Å². The van der Waals surface area contributed by atoms with E-state index in [0.29, 0.717) is 6.54 Å². The largest absolute Gasteiger partial charge is 0.475 e. The molecular formula is C16H21BN2O5. The minimum Gasteiger partial charge on any atom is -0.447 e. The Labute approximate surface area is 141 Å². The Morgan fingerprint density at radius 3 is 2.67 bits per heavy atom. The molecule has 128 valence electrons. The number of rotatable bonds is 7. The first kappa shape index (κ1) is 18.0. The Morgan fingerprint density at radius 1 is 1.42 bits per heavy atom. The van der Waals surface area contributed by atoms with E-state index in [9.17, 15) is 19.6 Å². The topological polar surface area (TPSA) is 99.1 Å². The van der Waals surface area contributed by atoms with Crippen molar-refractivity contribution in [3.8, 4) is 0 Å². The van der Waals surface area contributed by atoms with E-state index in [1.54, 1.807) is 4.90 Å². The fourth-order valence-corrected chi connectivity index (χ4v) is 2.49. The summed E-state index contributed by atoms with van der Waals surface area (Å²) >= 11 is 0. The van der Waals surface area contributed by atoms with E-state index in [0.717, 1.165) is 12.0 Å². The number of carbonyl (C=O) groups excluding carboxylic acids is 2. The van der Waals surface area contributed by atoms with Crippen molar-refractivity contribution in [1.29, 1.82) is 0 Å². The molecule has 0 bridgehead atoms. The predicted octanol–water partition coefficient (Wildman–Crippen LogP) is 0.123. The summed E-state index contributed by atoms with van der Waals surface area (Å²) in [5.74, 6) is -1.07. The number of nitrogens with zero attached hydrogens (tertiary/aromatic N) is 1. The minimum atomic E-state index is -1.71. The molecule has 8 heteroatoms. The van der Waals surface area contributed by atoms with Crippen molar-refractivity contribution >= 4 is 19.1 Å². The van der Waals surface area contributed by atoms with Crippen LogP contribution < -0.4 is 5.32 Å². The number of likely N-dealkylation sites (tertiary alicyclic amines) is 1. The molecule has 24 heavy (non-hydrogen) atoms. The van der Waals surface area contributed by atoms with Gasteiger partial charge in [0.1, 0.15) is 6.61 Å². The minimum absolute atomic E-state index is 0.0605. The highest BCUT2D eigenvalue weighted by atomic mass is 16.5. The average Bonchev–Trinajstić information content (AvgIpc) is 2.54. The van der Waals surface area contributed by atoms with Crippen molar-refractivity contribution in [1.82, 2.24) is 10.2 Å². The smallest absolute Gasteiger partial charge is 0.447 e. The lowest BCUT2D eigenvalue weighted by Crippen LogP contribution is -2.54. The molecule has 7 nitrogen and oxygen atoms in total. The second-order valence-corrected chi connectivity index (χ2v) is 5.63. The van der Waals surface area contributed by atoms with Crippen LogP contribution in [0.15, 0.2) is 43.0 Å². The number of benzene rings is 1. The van der Waals surface area contributed by atoms with Gasteiger partial charge in [-0.05, 0) is 24.5 Å². The highest BCUT2D eigenvalue weighted by Gasteiger charge is 2.32. The molecule has 2 rings (SSSR count). The second-order valence-electron chi connectivity index (χ2n) is 5.63. The molecule has 1 aliphatic rings. The second kappa shape index (κ2) is 8.51. The molecule has 1 fully saturated rings. The van der Waals surface area contributed by atoms with Gasteiger partial charge >= 0.3 is 13.2 Å². The zero-order valence-electron chi connectivity index (χ0n) is 13.3. The van der Waals surface area contributed by atoms with Gasteiger partial charge in [-0.15, -0.1) is 0 Å². The number of nitrogens with one attached hydrogen (secondary N) is 1. The average molecular weight is 332 g/mol. The summed E-state index contributed by atoms with van der Waals surface area (Å²) in [6, 6.07) is 9.01. The standard InChI is InChI=1S/C16H21BN2O5/c1-2-15(20)19-9-8-13(19)11-24-16(21)18-14(17(22)23)10-12-6-4-3-5-7-12/h2-7,13-14,22-23H,1,8-11H2,(H,18,21)/t13-,14?/m0/s1. The summed E-state index contributed by atoms with van der Waals surface area (Å²) in [6.45, 7) is 4.10. The maximum absolute atomic E-state index is 11.9. The van der Waals surface area contributed by atoms with Crippen LogP contribution in [0.4, 0.5) is 4.79 Å². The van der Waals surface area contributed by atoms with E-state index in [4.69, 9.17) is 4.74 Å². The van der Waals surface area contributed by atoms with Crippen LogP contribution in [0.25, 0.3) is 0 Å². The van der Waals surface area contributed by atoms with Crippen molar-refractivity contribution in [3.63, 3.8) is 0 Å². The lowest BCUT2D eigenvalue weighted by atomic mass is 9.76. The van der Waals surface area contributed by atoms with Crippen LogP contribution >= 0.6 is 0 Å². The normalized spacial score (nSPS) is 17.4. The molecule has 1 aromatic carbocycles. The zero-order chi connectivity index (χ0) is 17.5. The van der Waals surface area contributed by atoms with E-state index in [1.807, 2.05) is 30.3 Å². The Kier molecular flexibility index (Phi) is 6.40. The summed E-state index contributed by atoms with van der Waals surface area (Å²) in [5.41, 5.74) is 0.859. The first-order valence-corrected chi connectivity index (χ1v) is 7.77. The molecule has 0 radical (unpaired) electrons. The molecule has 2 amide bonds. The number of carbonyl (C=O) groups is 2. The molecule has 1 unspecified atom stereocenters. The number of hydrogen-bond acceptors (Lipinski definition) is 5. The summed E-state index contributed by atoms with van der Waals surface area (Å²) < 4.78 is 5.09. The highest BCUT2D eigenvalue weighted by Crippen LogP contribution is 2.18. The van der Waals surface area contributed by atoms with Gasteiger partial charge in [-0.2, -0.15) is 0 Å². The molecule has 1 aliphatic heterocycles. The first-order valence-electron chi connectivity index (χ1n) is 7.77. The Morgan fingerprint density at radius 2 is 2.12 bits per heavy atom. The summed E-state index contributed by atoms with van der Waals surface area (Å²) in [5, 5.41) is 21.3. The Bertz CT molecular complexity index is 581. The highest BCUT2D eigenvalue weighted by molar-refractivity contribution is 6.43. The van der Waals surface area contributed by atoms with Crippen molar-refractivity contribution in [2.24, 2.45) is 0 Å². The Hall–Kier alpha value is -2.32. The summed E-state index contributed by atoms with van der Waals surface area (Å²) in [4.78, 5) is 24.9. The quantitative estimate of drug-likeness (QED) is 0.487. The third kappa shape index (κ3) is 4.84. The van der Waals surface area contributed by atoms with Gasteiger partial charge in [0.05, 0.1) is 12.0 Å². The molecule has 1 saturated heterocycles. The number of amides is 2. The van der Waals surface area contributed by atoms with Crippen LogP contribution in [0.1, 0.15) is 12.0 Å². The predicted molar refractivity (Wildman–Crippen MR) is 88.9 cm³/mol. The molecule has 1 aromatic rings. The van der Waals surface area contributed by atoms with Gasteiger partial charge in [0.2, 0.25) is 5.91 Å². The fraction of sp³-hybridized carbons (Fsp3) is 0.375. The third-order valence-corrected chi connectivity index (χ3v) is 3.97. The summed E-state index contributed by atoms with van der Waals surface area (Å²) in [6.07, 6.45) is 1.49. The maximum atomic E-state index is 11.9. The summed E-state index contributed by atoms with van der Waals surface area (Å²) in [7, 11) is -1.71. The van der Waals surface area contributed by atoms with Crippen molar-refractivity contribution in [3.05, 3.63) is 48.6 Å². The molecule has 0 aromatic heterocycles. The van der Waals surface area contributed by atoms with Gasteiger partial charge in [0.25, 0.3) is 0 Å². The lowest BCUT2D eigenvalue weighted by molar-refractivity contribution is -0.134. The molecule has 2 atom stereocenters. The van der Waals surface area contributed by atoms with E-state index in [1.165, 1.54) is 6.08 Å². The Balaban J connectivity index is 1.81. The monoisotopic (exact) mass is 332 g/mol. The number of alkyl carbamates (subject to hydrolysis) is 1. The lowest BCUT2D eigenvalue weighted by Gasteiger charge is -2.39. The first-order chi connectivity index (χ1) is 11.5. The SMILES string of the molecule is C=CC(=O)N1CC[C@H]1COC(=O)NC(Cc1ccccc1)B(O)O. The number of hydrogen-bond donors (Lipinski definition) is 3. The molecule has 1 heterocycles. The third-order valence-electron chi connectivity index (χ3n) is 3.97. The molecule has 0 spiro atoms. The van der Waals surface area contributed by atoms with E-state index in [-0.39, 0.29) is 25.0 Å². The molecule has 0 saturated carbocycles. The van der Waals surface area contributed by atoms with Gasteiger partial charge < -0.3 is 25.0 Å². The van der Waals surface area contributed by atoms with E-state index in [2.05, 4.69) is 11.9 Å². The molecule has 0 aliphatic carbocycles. The number of ether oxygens (including phenoxy) is 1. The van der Waals surface area contributed by atoms with Crippen molar-refractivity contribution < 1.29 is 24.4 Å². The van der Waals surface area contributed by atoms with Crippen LogP contribution in [0.2, 0.25) is 0 Å². The van der Waals surface area contributed by atoms with Crippen LogP contribution in [-0.4, -0.2) is 59.2 Å². The maximum Gasteiger partial charge on any atom is 0.475 e. The van der Waals surface area contributed by atoms with Crippen LogP contribution in [0.5, 0.6) is 0 Å².